The molecule has 0 aliphatic heterocycles. The molecule has 0 unspecified atom stereocenters. The maximum Gasteiger partial charge on any atom is 0.511 e. The average molecular weight is 523 g/mol. The van der Waals surface area contributed by atoms with Gasteiger partial charge < -0.3 is 9.84 Å². The van der Waals surface area contributed by atoms with E-state index < -0.39 is 6.16 Å². The van der Waals surface area contributed by atoms with Crippen LogP contribution in [0.2, 0.25) is 0 Å². The Labute approximate surface area is 233 Å². The minimum Gasteiger partial charge on any atom is -0.449 e. The molecule has 0 atom stereocenters. The maximum atomic E-state index is 11.6. The van der Waals surface area contributed by atoms with Gasteiger partial charge in [-0.1, -0.05) is 116 Å². The molecule has 0 aliphatic carbocycles. The molecular formula is C35H54O3. The van der Waals surface area contributed by atoms with E-state index in [1.54, 1.807) is 0 Å². The van der Waals surface area contributed by atoms with Gasteiger partial charge in [-0.3, -0.25) is 0 Å². The van der Waals surface area contributed by atoms with E-state index in [0.717, 1.165) is 50.5 Å². The molecule has 0 saturated heterocycles. The Morgan fingerprint density at radius 1 is 0.579 bits per heavy atom. The summed E-state index contributed by atoms with van der Waals surface area (Å²) in [4.78, 5) is 11.6. The third kappa shape index (κ3) is 10.5. The number of carboxylic acid groups (broad SMARTS) is 1. The van der Waals surface area contributed by atoms with Crippen LogP contribution in [0.15, 0.2) is 30.3 Å². The number of hydrogen-bond acceptors (Lipinski definition) is 2. The fraction of sp³-hybridized carbons (Fsp3) is 0.629. The molecule has 0 heterocycles. The van der Waals surface area contributed by atoms with Crippen LogP contribution in [0, 0.1) is 0 Å². The summed E-state index contributed by atoms with van der Waals surface area (Å²) in [6.45, 7) is 9.02. The first-order valence-corrected chi connectivity index (χ1v) is 15.7. The SMILES string of the molecule is CCCCCCc1c(OC(=O)O)ccc(-c2cccc(CCCCC)c2CCCCC)c1CCCCCC. The second-order valence-electron chi connectivity index (χ2n) is 10.9. The van der Waals surface area contributed by atoms with Gasteiger partial charge >= 0.3 is 6.16 Å². The highest BCUT2D eigenvalue weighted by molar-refractivity contribution is 5.75. The van der Waals surface area contributed by atoms with E-state index in [1.807, 2.05) is 6.07 Å². The highest BCUT2D eigenvalue weighted by atomic mass is 16.7. The molecular weight excluding hydrogens is 468 g/mol. The van der Waals surface area contributed by atoms with E-state index >= 15 is 0 Å². The third-order valence-corrected chi connectivity index (χ3v) is 7.79. The summed E-state index contributed by atoms with van der Waals surface area (Å²) in [5.41, 5.74) is 8.10. The Morgan fingerprint density at radius 2 is 1.08 bits per heavy atom. The average Bonchev–Trinajstić information content (AvgIpc) is 2.90. The molecule has 1 N–H and O–H groups in total. The molecule has 0 amide bonds. The van der Waals surface area contributed by atoms with E-state index in [0.29, 0.717) is 5.75 Å². The van der Waals surface area contributed by atoms with Crippen LogP contribution < -0.4 is 4.74 Å². The lowest BCUT2D eigenvalue weighted by Crippen LogP contribution is -2.09. The third-order valence-electron chi connectivity index (χ3n) is 7.79. The molecule has 0 fully saturated rings. The smallest absolute Gasteiger partial charge is 0.449 e. The second kappa shape index (κ2) is 18.9. The van der Waals surface area contributed by atoms with Crippen LogP contribution in [-0.4, -0.2) is 11.3 Å². The lowest BCUT2D eigenvalue weighted by Gasteiger charge is -2.22. The molecule has 2 aromatic carbocycles. The van der Waals surface area contributed by atoms with Crippen molar-refractivity contribution in [2.75, 3.05) is 0 Å². The van der Waals surface area contributed by atoms with Gasteiger partial charge in [0.25, 0.3) is 0 Å². The van der Waals surface area contributed by atoms with Crippen LogP contribution >= 0.6 is 0 Å². The fourth-order valence-electron chi connectivity index (χ4n) is 5.66. The molecule has 212 valence electrons. The van der Waals surface area contributed by atoms with Crippen LogP contribution in [0.3, 0.4) is 0 Å². The molecule has 0 saturated carbocycles. The Kier molecular flexibility index (Phi) is 15.9. The lowest BCUT2D eigenvalue weighted by atomic mass is 9.84. The minimum absolute atomic E-state index is 0.537. The van der Waals surface area contributed by atoms with Gasteiger partial charge in [0.05, 0.1) is 0 Å². The molecule has 38 heavy (non-hydrogen) atoms. The molecule has 2 aromatic rings. The summed E-state index contributed by atoms with van der Waals surface area (Å²) in [5.74, 6) is 0.537. The topological polar surface area (TPSA) is 46.5 Å². The van der Waals surface area contributed by atoms with Gasteiger partial charge in [-0.05, 0) is 90.8 Å². The molecule has 0 bridgehead atoms. The van der Waals surface area contributed by atoms with Gasteiger partial charge in [-0.15, -0.1) is 0 Å². The van der Waals surface area contributed by atoms with Crippen LogP contribution in [0.25, 0.3) is 11.1 Å². The van der Waals surface area contributed by atoms with E-state index in [4.69, 9.17) is 4.74 Å². The van der Waals surface area contributed by atoms with Crippen molar-refractivity contribution in [2.24, 2.45) is 0 Å². The van der Waals surface area contributed by atoms with Crippen LogP contribution in [0.5, 0.6) is 5.75 Å². The fourth-order valence-corrected chi connectivity index (χ4v) is 5.66. The van der Waals surface area contributed by atoms with Crippen LogP contribution in [0.4, 0.5) is 4.79 Å². The summed E-state index contributed by atoms with van der Waals surface area (Å²) in [6.07, 6.45) is 19.7. The molecule has 3 heteroatoms. The van der Waals surface area contributed by atoms with E-state index in [-0.39, 0.29) is 0 Å². The molecule has 0 radical (unpaired) electrons. The number of carbonyl (C=O) groups is 1. The lowest BCUT2D eigenvalue weighted by molar-refractivity contribution is 0.144. The van der Waals surface area contributed by atoms with Gasteiger partial charge in [-0.25, -0.2) is 4.79 Å². The number of ether oxygens (including phenoxy) is 1. The second-order valence-corrected chi connectivity index (χ2v) is 10.9. The number of benzene rings is 2. The number of aryl methyl sites for hydroxylation is 1. The summed E-state index contributed by atoms with van der Waals surface area (Å²) < 4.78 is 5.38. The first-order valence-electron chi connectivity index (χ1n) is 15.7. The van der Waals surface area contributed by atoms with Gasteiger partial charge in [0.15, 0.2) is 0 Å². The first-order chi connectivity index (χ1) is 18.6. The van der Waals surface area contributed by atoms with Crippen molar-refractivity contribution in [3.63, 3.8) is 0 Å². The van der Waals surface area contributed by atoms with Crippen molar-refractivity contribution in [1.82, 2.24) is 0 Å². The predicted molar refractivity (Wildman–Crippen MR) is 163 cm³/mol. The molecule has 0 aromatic heterocycles. The number of unbranched alkanes of at least 4 members (excludes halogenated alkanes) is 10. The quantitative estimate of drug-likeness (QED) is 0.107. The van der Waals surface area contributed by atoms with Gasteiger partial charge in [0, 0.05) is 0 Å². The Morgan fingerprint density at radius 3 is 1.68 bits per heavy atom. The van der Waals surface area contributed by atoms with Crippen molar-refractivity contribution in [3.05, 3.63) is 52.6 Å². The summed E-state index contributed by atoms with van der Waals surface area (Å²) in [5, 5.41) is 9.51. The van der Waals surface area contributed by atoms with Crippen molar-refractivity contribution >= 4 is 6.16 Å². The van der Waals surface area contributed by atoms with Gasteiger partial charge in [0.2, 0.25) is 0 Å². The highest BCUT2D eigenvalue weighted by Crippen LogP contribution is 2.38. The minimum atomic E-state index is -1.22. The van der Waals surface area contributed by atoms with Crippen LogP contribution in [-0.2, 0) is 25.7 Å². The van der Waals surface area contributed by atoms with Crippen molar-refractivity contribution < 1.29 is 14.6 Å². The maximum absolute atomic E-state index is 11.6. The Hall–Kier alpha value is -2.29. The zero-order valence-corrected chi connectivity index (χ0v) is 24.9. The number of rotatable bonds is 20. The number of hydrogen-bond donors (Lipinski definition) is 1. The normalized spacial score (nSPS) is 11.2. The zero-order valence-electron chi connectivity index (χ0n) is 24.9. The van der Waals surface area contributed by atoms with Crippen molar-refractivity contribution in [1.29, 1.82) is 0 Å². The van der Waals surface area contributed by atoms with E-state index in [1.165, 1.54) is 98.4 Å². The molecule has 3 nitrogen and oxygen atoms in total. The monoisotopic (exact) mass is 522 g/mol. The van der Waals surface area contributed by atoms with Crippen molar-refractivity contribution in [3.8, 4) is 16.9 Å². The van der Waals surface area contributed by atoms with Gasteiger partial charge in [-0.2, -0.15) is 0 Å². The molecule has 0 aliphatic rings. The largest absolute Gasteiger partial charge is 0.511 e. The summed E-state index contributed by atoms with van der Waals surface area (Å²) in [7, 11) is 0. The summed E-state index contributed by atoms with van der Waals surface area (Å²) >= 11 is 0. The summed E-state index contributed by atoms with van der Waals surface area (Å²) in [6, 6.07) is 11.0. The first kappa shape index (κ1) is 31.9. The predicted octanol–water partition coefficient (Wildman–Crippen LogP) is 11.1. The molecule has 0 spiro atoms. The highest BCUT2D eigenvalue weighted by Gasteiger charge is 2.20. The Bertz CT molecular complexity index is 946. The van der Waals surface area contributed by atoms with Crippen LogP contribution in [0.1, 0.15) is 140 Å². The van der Waals surface area contributed by atoms with Gasteiger partial charge in [0.1, 0.15) is 5.75 Å². The zero-order chi connectivity index (χ0) is 27.6. The Balaban J connectivity index is 2.62. The van der Waals surface area contributed by atoms with Crippen molar-refractivity contribution in [2.45, 2.75) is 143 Å². The molecule has 2 rings (SSSR count). The van der Waals surface area contributed by atoms with E-state index in [2.05, 4.69) is 52.0 Å². The standard InChI is InChI=1S/C35H54O3/c1-5-9-13-17-23-31-32(26-27-34(38-35(36)37)33(31)24-18-14-10-6-2)30-25-19-21-28(20-15-11-7-3)29(30)22-16-12-8-4/h19,21,25-27H,5-18,20,22-24H2,1-4H3,(H,36,37). The van der Waals surface area contributed by atoms with E-state index in [9.17, 15) is 9.90 Å².